The van der Waals surface area contributed by atoms with E-state index in [1.54, 1.807) is 35.4 Å². The smallest absolute Gasteiger partial charge is 0.246 e. The van der Waals surface area contributed by atoms with Crippen molar-refractivity contribution in [3.63, 3.8) is 0 Å². The van der Waals surface area contributed by atoms with E-state index in [-0.39, 0.29) is 23.6 Å². The molecule has 1 saturated heterocycles. The highest BCUT2D eigenvalue weighted by molar-refractivity contribution is 5.92. The summed E-state index contributed by atoms with van der Waals surface area (Å²) in [5.41, 5.74) is 0.568. The molecule has 0 radical (unpaired) electrons. The number of halogens is 1. The van der Waals surface area contributed by atoms with E-state index in [0.717, 1.165) is 12.8 Å². The predicted octanol–water partition coefficient (Wildman–Crippen LogP) is 2.84. The van der Waals surface area contributed by atoms with Gasteiger partial charge in [0.25, 0.3) is 0 Å². The molecule has 8 heteroatoms. The van der Waals surface area contributed by atoms with Crippen LogP contribution in [0.4, 0.5) is 4.39 Å². The van der Waals surface area contributed by atoms with Crippen LogP contribution >= 0.6 is 0 Å². The summed E-state index contributed by atoms with van der Waals surface area (Å²) in [6.07, 6.45) is 8.30. The van der Waals surface area contributed by atoms with Gasteiger partial charge in [-0.05, 0) is 55.7 Å². The Hall–Kier alpha value is -3.26. The quantitative estimate of drug-likeness (QED) is 0.673. The third-order valence-corrected chi connectivity index (χ3v) is 5.71. The largest absolute Gasteiger partial charge is 0.453 e. The van der Waals surface area contributed by atoms with Gasteiger partial charge in [-0.3, -0.25) is 19.5 Å². The second kappa shape index (κ2) is 9.91. The van der Waals surface area contributed by atoms with Gasteiger partial charge in [-0.2, -0.15) is 0 Å². The molecule has 4 rings (SSSR count). The van der Waals surface area contributed by atoms with Crippen LogP contribution in [0.2, 0.25) is 0 Å². The molecule has 1 aromatic heterocycles. The van der Waals surface area contributed by atoms with Crippen molar-refractivity contribution in [3.05, 3.63) is 60.2 Å². The molecule has 2 heterocycles. The lowest BCUT2D eigenvalue weighted by Crippen LogP contribution is -2.55. The maximum absolute atomic E-state index is 14.4. The van der Waals surface area contributed by atoms with Crippen molar-refractivity contribution in [1.82, 2.24) is 20.1 Å². The van der Waals surface area contributed by atoms with Crippen molar-refractivity contribution in [2.75, 3.05) is 26.2 Å². The fraction of sp³-hybridized carbons (Fsp3) is 0.375. The van der Waals surface area contributed by atoms with Gasteiger partial charge in [0.1, 0.15) is 5.75 Å². The highest BCUT2D eigenvalue weighted by Crippen LogP contribution is 2.25. The van der Waals surface area contributed by atoms with Crippen molar-refractivity contribution in [2.24, 2.45) is 0 Å². The van der Waals surface area contributed by atoms with E-state index < -0.39 is 5.82 Å². The van der Waals surface area contributed by atoms with Crippen LogP contribution in [-0.4, -0.2) is 64.9 Å². The number of aromatic nitrogens is 1. The number of ether oxygens (including phenoxy) is 1. The Morgan fingerprint density at radius 3 is 2.66 bits per heavy atom. The first kappa shape index (κ1) is 22.0. The Morgan fingerprint density at radius 1 is 1.22 bits per heavy atom. The summed E-state index contributed by atoms with van der Waals surface area (Å²) in [5.74, 6) is -0.0442. The Morgan fingerprint density at radius 2 is 2.00 bits per heavy atom. The summed E-state index contributed by atoms with van der Waals surface area (Å²) < 4.78 is 19.9. The molecule has 2 aliphatic rings. The van der Waals surface area contributed by atoms with Crippen LogP contribution in [-0.2, 0) is 9.59 Å². The average molecular weight is 439 g/mol. The van der Waals surface area contributed by atoms with Gasteiger partial charge in [0.15, 0.2) is 11.6 Å². The van der Waals surface area contributed by atoms with Crippen LogP contribution in [0.15, 0.2) is 48.8 Å². The summed E-state index contributed by atoms with van der Waals surface area (Å²) in [6.45, 7) is 4.31. The maximum atomic E-state index is 14.4. The molecule has 1 unspecified atom stereocenters. The molecule has 7 nitrogen and oxygen atoms in total. The van der Waals surface area contributed by atoms with Crippen molar-refractivity contribution < 1.29 is 18.7 Å². The minimum atomic E-state index is -0.518. The summed E-state index contributed by atoms with van der Waals surface area (Å²) in [7, 11) is 0. The van der Waals surface area contributed by atoms with Gasteiger partial charge >= 0.3 is 0 Å². The molecule has 1 atom stereocenters. The molecule has 1 saturated carbocycles. The highest BCUT2D eigenvalue weighted by atomic mass is 19.1. The van der Waals surface area contributed by atoms with Gasteiger partial charge in [0.05, 0.1) is 12.2 Å². The second-order valence-corrected chi connectivity index (χ2v) is 8.13. The molecule has 2 amide bonds. The number of nitrogens with one attached hydrogen (secondary N) is 1. The Labute approximate surface area is 186 Å². The van der Waals surface area contributed by atoms with Gasteiger partial charge in [-0.1, -0.05) is 6.07 Å². The zero-order valence-corrected chi connectivity index (χ0v) is 18.0. The van der Waals surface area contributed by atoms with Crippen molar-refractivity contribution in [1.29, 1.82) is 0 Å². The number of carbonyl (C=O) groups excluding carboxylic acids is 2. The summed E-state index contributed by atoms with van der Waals surface area (Å²) in [5, 5.41) is 3.03. The molecule has 168 valence electrons. The van der Waals surface area contributed by atoms with Gasteiger partial charge in [-0.15, -0.1) is 0 Å². The number of nitrogens with zero attached hydrogens (tertiary/aromatic N) is 3. The van der Waals surface area contributed by atoms with Crippen LogP contribution in [0, 0.1) is 5.82 Å². The van der Waals surface area contributed by atoms with E-state index in [2.05, 4.69) is 15.2 Å². The van der Waals surface area contributed by atoms with E-state index in [4.69, 9.17) is 4.74 Å². The fourth-order valence-electron chi connectivity index (χ4n) is 3.56. The first-order valence-corrected chi connectivity index (χ1v) is 10.9. The Balaban J connectivity index is 1.28. The van der Waals surface area contributed by atoms with Crippen molar-refractivity contribution in [2.45, 2.75) is 31.8 Å². The molecule has 0 bridgehead atoms. The third-order valence-electron chi connectivity index (χ3n) is 5.71. The number of hydrogen-bond acceptors (Lipinski definition) is 5. The Kier molecular flexibility index (Phi) is 6.80. The van der Waals surface area contributed by atoms with Gasteiger partial charge in [-0.25, -0.2) is 4.39 Å². The minimum absolute atomic E-state index is 0.0603. The van der Waals surface area contributed by atoms with Crippen molar-refractivity contribution >= 4 is 17.9 Å². The molecule has 1 aliphatic carbocycles. The topological polar surface area (TPSA) is 74.8 Å². The molecule has 2 aromatic rings. The number of piperazine rings is 1. The van der Waals surface area contributed by atoms with Crippen LogP contribution < -0.4 is 10.1 Å². The average Bonchev–Trinajstić information content (AvgIpc) is 3.63. The summed E-state index contributed by atoms with van der Waals surface area (Å²) >= 11 is 0. The summed E-state index contributed by atoms with van der Waals surface area (Å²) in [6, 6.07) is 8.10. The predicted molar refractivity (Wildman–Crippen MR) is 119 cm³/mol. The highest BCUT2D eigenvalue weighted by Gasteiger charge is 2.30. The van der Waals surface area contributed by atoms with E-state index in [0.29, 0.717) is 43.5 Å². The van der Waals surface area contributed by atoms with Crippen LogP contribution in [0.25, 0.3) is 6.08 Å². The second-order valence-electron chi connectivity index (χ2n) is 8.13. The number of benzene rings is 1. The van der Waals surface area contributed by atoms with E-state index in [1.165, 1.54) is 24.4 Å². The number of pyridine rings is 1. The SMILES string of the molecule is CC(C(=O)NC1CC1)N1CCN(C(=O)/C=C/c2ccc(Oc3cccnc3)c(F)c2)CC1. The van der Waals surface area contributed by atoms with Crippen LogP contribution in [0.1, 0.15) is 25.3 Å². The minimum Gasteiger partial charge on any atom is -0.453 e. The van der Waals surface area contributed by atoms with E-state index in [1.807, 2.05) is 6.92 Å². The maximum Gasteiger partial charge on any atom is 0.246 e. The lowest BCUT2D eigenvalue weighted by molar-refractivity contribution is -0.130. The van der Waals surface area contributed by atoms with E-state index in [9.17, 15) is 14.0 Å². The van der Waals surface area contributed by atoms with Gasteiger partial charge in [0.2, 0.25) is 11.8 Å². The third kappa shape index (κ3) is 5.70. The molecule has 2 fully saturated rings. The monoisotopic (exact) mass is 438 g/mol. The van der Waals surface area contributed by atoms with Crippen molar-refractivity contribution in [3.8, 4) is 11.5 Å². The first-order valence-electron chi connectivity index (χ1n) is 10.9. The molecule has 1 N–H and O–H groups in total. The lowest BCUT2D eigenvalue weighted by atomic mass is 10.1. The molecular formula is C24H27FN4O3. The molecule has 0 spiro atoms. The standard InChI is InChI=1S/C24H27FN4O3/c1-17(24(31)27-19-6-7-19)28-11-13-29(14-12-28)23(30)9-5-18-4-8-22(21(25)15-18)32-20-3-2-10-26-16-20/h2-5,8-10,15-17,19H,6-7,11-14H2,1H3,(H,27,31)/b9-5+. The van der Waals surface area contributed by atoms with Crippen LogP contribution in [0.3, 0.4) is 0 Å². The molecular weight excluding hydrogens is 411 g/mol. The number of hydrogen-bond donors (Lipinski definition) is 1. The lowest BCUT2D eigenvalue weighted by Gasteiger charge is -2.37. The number of carbonyl (C=O) groups is 2. The molecule has 1 aromatic carbocycles. The summed E-state index contributed by atoms with van der Waals surface area (Å²) in [4.78, 5) is 32.6. The molecule has 32 heavy (non-hydrogen) atoms. The fourth-order valence-corrected chi connectivity index (χ4v) is 3.56. The Bertz CT molecular complexity index is 986. The first-order chi connectivity index (χ1) is 15.5. The number of amides is 2. The van der Waals surface area contributed by atoms with Gasteiger partial charge < -0.3 is 15.0 Å². The molecule has 1 aliphatic heterocycles. The van der Waals surface area contributed by atoms with Crippen LogP contribution in [0.5, 0.6) is 11.5 Å². The zero-order valence-electron chi connectivity index (χ0n) is 18.0. The normalized spacial score (nSPS) is 17.9. The van der Waals surface area contributed by atoms with E-state index >= 15 is 0 Å². The van der Waals surface area contributed by atoms with Gasteiger partial charge in [0, 0.05) is 44.5 Å². The number of rotatable bonds is 7. The zero-order chi connectivity index (χ0) is 22.5.